The summed E-state index contributed by atoms with van der Waals surface area (Å²) in [4.78, 5) is 4.58. The number of rotatable bonds is 3. The Kier molecular flexibility index (Phi) is 3.97. The maximum Gasteiger partial charge on any atom is 0.238 e. The second-order valence-corrected chi connectivity index (χ2v) is 8.33. The van der Waals surface area contributed by atoms with Crippen molar-refractivity contribution in [2.24, 2.45) is 5.14 Å². The van der Waals surface area contributed by atoms with Crippen LogP contribution in [-0.4, -0.2) is 28.4 Å². The summed E-state index contributed by atoms with van der Waals surface area (Å²) in [6.07, 6.45) is 1.73. The third-order valence-electron chi connectivity index (χ3n) is 4.97. The zero-order valence-electron chi connectivity index (χ0n) is 15.2. The minimum atomic E-state index is -3.71. The summed E-state index contributed by atoms with van der Waals surface area (Å²) < 4.78 is 24.8. The summed E-state index contributed by atoms with van der Waals surface area (Å²) in [6.45, 7) is 6.12. The zero-order valence-corrected chi connectivity index (χ0v) is 16.0. The Bertz CT molecular complexity index is 1280. The summed E-state index contributed by atoms with van der Waals surface area (Å²) in [5, 5.41) is 14.8. The summed E-state index contributed by atoms with van der Waals surface area (Å²) in [6, 6.07) is 10.5. The number of fused-ring (bicyclic) bond motifs is 3. The van der Waals surface area contributed by atoms with Gasteiger partial charge in [-0.3, -0.25) is 4.98 Å². The number of benzene rings is 2. The van der Waals surface area contributed by atoms with E-state index in [1.54, 1.807) is 18.3 Å². The number of hydrogen-bond acceptors (Lipinski definition) is 5. The first-order valence-corrected chi connectivity index (χ1v) is 10.0. The van der Waals surface area contributed by atoms with Gasteiger partial charge in [0.25, 0.3) is 0 Å². The fraction of sp³-hybridized carbons (Fsp3) is 0.211. The van der Waals surface area contributed by atoms with E-state index < -0.39 is 10.0 Å². The molecule has 4 rings (SSSR count). The third-order valence-corrected chi connectivity index (χ3v) is 5.90. The molecule has 0 unspecified atom stereocenters. The number of aromatic nitrogens is 4. The van der Waals surface area contributed by atoms with Crippen molar-refractivity contribution in [1.29, 1.82) is 0 Å². The smallest absolute Gasteiger partial charge is 0.238 e. The lowest BCUT2D eigenvalue weighted by Gasteiger charge is -2.15. The third kappa shape index (κ3) is 2.96. The average molecular weight is 381 g/mol. The fourth-order valence-electron chi connectivity index (χ4n) is 3.23. The van der Waals surface area contributed by atoms with Gasteiger partial charge in [-0.15, -0.1) is 5.10 Å². The fourth-order valence-corrected chi connectivity index (χ4v) is 3.75. The van der Waals surface area contributed by atoms with Gasteiger partial charge < -0.3 is 0 Å². The van der Waals surface area contributed by atoms with Gasteiger partial charge in [0.05, 0.1) is 22.7 Å². The molecule has 2 heterocycles. The van der Waals surface area contributed by atoms with E-state index in [1.165, 1.54) is 23.3 Å². The monoisotopic (exact) mass is 381 g/mol. The number of primary sulfonamides is 1. The molecular formula is C19H19N5O2S. The van der Waals surface area contributed by atoms with Crippen LogP contribution in [0, 0.1) is 13.8 Å². The van der Waals surface area contributed by atoms with Crippen molar-refractivity contribution >= 4 is 32.0 Å². The minimum absolute atomic E-state index is 0.0858. The Morgan fingerprint density at radius 2 is 1.70 bits per heavy atom. The molecular weight excluding hydrogens is 362 g/mol. The number of hydrogen-bond donors (Lipinski definition) is 1. The molecule has 2 N–H and O–H groups in total. The Labute approximate surface area is 156 Å². The molecule has 0 bridgehead atoms. The van der Waals surface area contributed by atoms with Gasteiger partial charge in [0, 0.05) is 5.39 Å². The lowest BCUT2D eigenvalue weighted by atomic mass is 10.0. The Morgan fingerprint density at radius 1 is 1.04 bits per heavy atom. The Balaban J connectivity index is 1.88. The van der Waals surface area contributed by atoms with E-state index in [1.807, 2.05) is 11.6 Å². The van der Waals surface area contributed by atoms with Crippen LogP contribution in [0.5, 0.6) is 0 Å². The van der Waals surface area contributed by atoms with Crippen LogP contribution in [0.25, 0.3) is 21.9 Å². The van der Waals surface area contributed by atoms with Crippen molar-refractivity contribution in [3.05, 3.63) is 59.3 Å². The standard InChI is InChI=1S/C19H19N5O2S/c1-11-8-16-17(9-12(11)2)21-10-18-19(16)24(23-22-18)13(3)14-4-6-15(7-5-14)27(20,25)26/h4-10,13H,1-3H3,(H2,20,25,26)/t13-/m0/s1. The van der Waals surface area contributed by atoms with Gasteiger partial charge >= 0.3 is 0 Å². The van der Waals surface area contributed by atoms with Crippen molar-refractivity contribution in [2.45, 2.75) is 31.7 Å². The highest BCUT2D eigenvalue weighted by Crippen LogP contribution is 2.29. The van der Waals surface area contributed by atoms with Gasteiger partial charge in [-0.05, 0) is 61.7 Å². The number of pyridine rings is 1. The van der Waals surface area contributed by atoms with Crippen molar-refractivity contribution < 1.29 is 8.42 Å². The van der Waals surface area contributed by atoms with Gasteiger partial charge in [-0.1, -0.05) is 17.3 Å². The van der Waals surface area contributed by atoms with Crippen molar-refractivity contribution in [2.75, 3.05) is 0 Å². The molecule has 0 aliphatic carbocycles. The molecule has 7 nitrogen and oxygen atoms in total. The van der Waals surface area contributed by atoms with Crippen LogP contribution in [0.15, 0.2) is 47.5 Å². The Hall–Kier alpha value is -2.84. The topological polar surface area (TPSA) is 104 Å². The van der Waals surface area contributed by atoms with E-state index in [0.29, 0.717) is 0 Å². The molecule has 8 heteroatoms. The van der Waals surface area contributed by atoms with Gasteiger partial charge in [0.15, 0.2) is 0 Å². The van der Waals surface area contributed by atoms with Gasteiger partial charge in [0.2, 0.25) is 10.0 Å². The lowest BCUT2D eigenvalue weighted by Crippen LogP contribution is -2.13. The molecule has 0 saturated carbocycles. The number of nitrogens with two attached hydrogens (primary N) is 1. The molecule has 0 spiro atoms. The number of nitrogens with zero attached hydrogens (tertiary/aromatic N) is 4. The van der Waals surface area contributed by atoms with E-state index in [4.69, 9.17) is 5.14 Å². The second kappa shape index (κ2) is 6.11. The van der Waals surface area contributed by atoms with Crippen LogP contribution in [0.2, 0.25) is 0 Å². The van der Waals surface area contributed by atoms with Gasteiger partial charge in [-0.25, -0.2) is 18.2 Å². The van der Waals surface area contributed by atoms with Gasteiger partial charge in [0.1, 0.15) is 11.0 Å². The van der Waals surface area contributed by atoms with E-state index in [2.05, 4.69) is 41.3 Å². The molecule has 0 amide bonds. The molecule has 0 aliphatic heterocycles. The molecule has 4 aromatic rings. The van der Waals surface area contributed by atoms with Crippen molar-refractivity contribution in [3.8, 4) is 0 Å². The second-order valence-electron chi connectivity index (χ2n) is 6.77. The first-order chi connectivity index (χ1) is 12.8. The SMILES string of the molecule is Cc1cc2ncc3nnn([C@@H](C)c4ccc(S(N)(=O)=O)cc4)c3c2cc1C. The Morgan fingerprint density at radius 3 is 2.37 bits per heavy atom. The van der Waals surface area contributed by atoms with E-state index >= 15 is 0 Å². The number of aryl methyl sites for hydroxylation is 2. The highest BCUT2D eigenvalue weighted by Gasteiger charge is 2.17. The molecule has 27 heavy (non-hydrogen) atoms. The van der Waals surface area contributed by atoms with Crippen LogP contribution in [0.4, 0.5) is 0 Å². The van der Waals surface area contributed by atoms with Crippen molar-refractivity contribution in [3.63, 3.8) is 0 Å². The minimum Gasteiger partial charge on any atom is -0.254 e. The first-order valence-electron chi connectivity index (χ1n) is 8.49. The summed E-state index contributed by atoms with van der Waals surface area (Å²) >= 11 is 0. The maximum absolute atomic E-state index is 11.5. The van der Waals surface area contributed by atoms with Crippen molar-refractivity contribution in [1.82, 2.24) is 20.0 Å². The maximum atomic E-state index is 11.5. The molecule has 0 radical (unpaired) electrons. The lowest BCUT2D eigenvalue weighted by molar-refractivity contribution is 0.560. The van der Waals surface area contributed by atoms with Crippen LogP contribution >= 0.6 is 0 Å². The normalized spacial score (nSPS) is 13.3. The highest BCUT2D eigenvalue weighted by atomic mass is 32.2. The zero-order chi connectivity index (χ0) is 19.3. The molecule has 0 saturated heterocycles. The predicted molar refractivity (Wildman–Crippen MR) is 104 cm³/mol. The summed E-state index contributed by atoms with van der Waals surface area (Å²) in [5.41, 5.74) is 5.79. The van der Waals surface area contributed by atoms with Crippen LogP contribution < -0.4 is 5.14 Å². The van der Waals surface area contributed by atoms with Gasteiger partial charge in [-0.2, -0.15) is 0 Å². The highest BCUT2D eigenvalue weighted by molar-refractivity contribution is 7.89. The summed E-state index contributed by atoms with van der Waals surface area (Å²) in [7, 11) is -3.71. The molecule has 1 atom stereocenters. The van der Waals surface area contributed by atoms with E-state index in [-0.39, 0.29) is 10.9 Å². The first kappa shape index (κ1) is 17.6. The largest absolute Gasteiger partial charge is 0.254 e. The molecule has 2 aromatic carbocycles. The molecule has 0 fully saturated rings. The van der Waals surface area contributed by atoms with Crippen LogP contribution in [-0.2, 0) is 10.0 Å². The number of sulfonamides is 1. The van der Waals surface area contributed by atoms with Crippen LogP contribution in [0.3, 0.4) is 0 Å². The molecule has 0 aliphatic rings. The quantitative estimate of drug-likeness (QED) is 0.588. The molecule has 2 aromatic heterocycles. The van der Waals surface area contributed by atoms with E-state index in [0.717, 1.165) is 27.5 Å². The molecule has 138 valence electrons. The predicted octanol–water partition coefficient (Wildman–Crippen LogP) is 2.85. The van der Waals surface area contributed by atoms with E-state index in [9.17, 15) is 8.42 Å². The summed E-state index contributed by atoms with van der Waals surface area (Å²) in [5.74, 6) is 0. The van der Waals surface area contributed by atoms with Crippen LogP contribution in [0.1, 0.15) is 29.7 Å². The average Bonchev–Trinajstić information content (AvgIpc) is 3.06.